The standard InChI is InChI=1S/C12H17N5/c1-2-14-11-7-12(16-9-15-11)17-5-3-10(8-13)4-6-17/h7,9-10H,2-6H2,1H3,(H,14,15,16). The van der Waals surface area contributed by atoms with E-state index in [1.165, 1.54) is 0 Å². The molecule has 0 radical (unpaired) electrons. The van der Waals surface area contributed by atoms with Gasteiger partial charge in [-0.25, -0.2) is 9.97 Å². The van der Waals surface area contributed by atoms with E-state index in [-0.39, 0.29) is 5.92 Å². The van der Waals surface area contributed by atoms with Gasteiger partial charge in [-0.3, -0.25) is 0 Å². The summed E-state index contributed by atoms with van der Waals surface area (Å²) in [5, 5.41) is 12.0. The first-order chi connectivity index (χ1) is 8.33. The van der Waals surface area contributed by atoms with E-state index in [1.807, 2.05) is 13.0 Å². The number of nitrogens with zero attached hydrogens (tertiary/aromatic N) is 4. The highest BCUT2D eigenvalue weighted by Crippen LogP contribution is 2.22. The number of piperidine rings is 1. The van der Waals surface area contributed by atoms with Crippen molar-refractivity contribution in [3.8, 4) is 6.07 Å². The molecule has 0 unspecified atom stereocenters. The predicted molar refractivity (Wildman–Crippen MR) is 66.7 cm³/mol. The van der Waals surface area contributed by atoms with Crippen LogP contribution >= 0.6 is 0 Å². The third-order valence-electron chi connectivity index (χ3n) is 3.01. The topological polar surface area (TPSA) is 64.8 Å². The highest BCUT2D eigenvalue weighted by atomic mass is 15.2. The lowest BCUT2D eigenvalue weighted by atomic mass is 9.99. The van der Waals surface area contributed by atoms with Gasteiger partial charge in [-0.15, -0.1) is 0 Å². The van der Waals surface area contributed by atoms with Gasteiger partial charge in [0.2, 0.25) is 0 Å². The number of nitrogens with one attached hydrogen (secondary N) is 1. The second-order valence-electron chi connectivity index (χ2n) is 4.18. The maximum Gasteiger partial charge on any atom is 0.134 e. The summed E-state index contributed by atoms with van der Waals surface area (Å²) < 4.78 is 0. The van der Waals surface area contributed by atoms with Gasteiger partial charge in [-0.1, -0.05) is 0 Å². The number of anilines is 2. The van der Waals surface area contributed by atoms with E-state index >= 15 is 0 Å². The zero-order valence-electron chi connectivity index (χ0n) is 10.1. The zero-order valence-corrected chi connectivity index (χ0v) is 10.1. The molecule has 90 valence electrons. The molecule has 2 rings (SSSR count). The molecule has 5 heteroatoms. The van der Waals surface area contributed by atoms with Crippen molar-refractivity contribution in [3.63, 3.8) is 0 Å². The normalized spacial score (nSPS) is 16.6. The summed E-state index contributed by atoms with van der Waals surface area (Å²) >= 11 is 0. The molecule has 0 spiro atoms. The van der Waals surface area contributed by atoms with Crippen LogP contribution < -0.4 is 10.2 Å². The van der Waals surface area contributed by atoms with Crippen molar-refractivity contribution in [2.24, 2.45) is 5.92 Å². The molecule has 0 amide bonds. The van der Waals surface area contributed by atoms with Crippen LogP contribution in [0.4, 0.5) is 11.6 Å². The molecule has 1 fully saturated rings. The Morgan fingerprint density at radius 1 is 1.47 bits per heavy atom. The highest BCUT2D eigenvalue weighted by Gasteiger charge is 2.19. The summed E-state index contributed by atoms with van der Waals surface area (Å²) in [5.41, 5.74) is 0. The van der Waals surface area contributed by atoms with Crippen LogP contribution in [0.3, 0.4) is 0 Å². The molecule has 1 saturated heterocycles. The molecule has 0 saturated carbocycles. The number of nitriles is 1. The van der Waals surface area contributed by atoms with Gasteiger partial charge in [0.05, 0.1) is 6.07 Å². The molecule has 17 heavy (non-hydrogen) atoms. The lowest BCUT2D eigenvalue weighted by molar-refractivity contribution is 0.485. The maximum atomic E-state index is 8.86. The third-order valence-corrected chi connectivity index (χ3v) is 3.01. The van der Waals surface area contributed by atoms with Gasteiger partial charge in [0.1, 0.15) is 18.0 Å². The van der Waals surface area contributed by atoms with Crippen molar-refractivity contribution in [2.75, 3.05) is 29.9 Å². The van der Waals surface area contributed by atoms with Gasteiger partial charge in [-0.2, -0.15) is 5.26 Å². The van der Waals surface area contributed by atoms with Gasteiger partial charge in [0.25, 0.3) is 0 Å². The SMILES string of the molecule is CCNc1cc(N2CCC(C#N)CC2)ncn1. The summed E-state index contributed by atoms with van der Waals surface area (Å²) in [6.45, 7) is 4.70. The third kappa shape index (κ3) is 2.84. The highest BCUT2D eigenvalue weighted by molar-refractivity contribution is 5.48. The Labute approximate surface area is 101 Å². The Morgan fingerprint density at radius 2 is 2.24 bits per heavy atom. The van der Waals surface area contributed by atoms with E-state index in [0.717, 1.165) is 44.1 Å². The molecular formula is C12H17N5. The molecule has 0 aromatic carbocycles. The van der Waals surface area contributed by atoms with Crippen molar-refractivity contribution in [2.45, 2.75) is 19.8 Å². The van der Waals surface area contributed by atoms with E-state index in [4.69, 9.17) is 5.26 Å². The van der Waals surface area contributed by atoms with Gasteiger partial charge in [0.15, 0.2) is 0 Å². The smallest absolute Gasteiger partial charge is 0.134 e. The van der Waals surface area contributed by atoms with Crippen LogP contribution in [0.2, 0.25) is 0 Å². The molecule has 0 atom stereocenters. The Balaban J connectivity index is 2.03. The molecule has 1 N–H and O–H groups in total. The Morgan fingerprint density at radius 3 is 2.88 bits per heavy atom. The van der Waals surface area contributed by atoms with Crippen molar-refractivity contribution in [1.29, 1.82) is 5.26 Å². The molecule has 1 aliphatic heterocycles. The average Bonchev–Trinajstić information content (AvgIpc) is 2.40. The van der Waals surface area contributed by atoms with Crippen LogP contribution in [0.1, 0.15) is 19.8 Å². The molecular weight excluding hydrogens is 214 g/mol. The first-order valence-corrected chi connectivity index (χ1v) is 6.04. The number of aromatic nitrogens is 2. The van der Waals surface area contributed by atoms with E-state index in [1.54, 1.807) is 6.33 Å². The van der Waals surface area contributed by atoms with Gasteiger partial charge in [0, 0.05) is 31.6 Å². The quantitative estimate of drug-likeness (QED) is 0.856. The molecule has 2 heterocycles. The summed E-state index contributed by atoms with van der Waals surface area (Å²) in [4.78, 5) is 10.7. The molecule has 1 aromatic heterocycles. The minimum absolute atomic E-state index is 0.210. The largest absolute Gasteiger partial charge is 0.370 e. The number of rotatable bonds is 3. The molecule has 1 aliphatic rings. The monoisotopic (exact) mass is 231 g/mol. The zero-order chi connectivity index (χ0) is 12.1. The van der Waals surface area contributed by atoms with Crippen LogP contribution in [-0.4, -0.2) is 29.6 Å². The first-order valence-electron chi connectivity index (χ1n) is 6.04. The van der Waals surface area contributed by atoms with Crippen LogP contribution in [0.5, 0.6) is 0 Å². The van der Waals surface area contributed by atoms with Gasteiger partial charge in [-0.05, 0) is 19.8 Å². The van der Waals surface area contributed by atoms with Crippen LogP contribution in [0, 0.1) is 17.2 Å². The Hall–Kier alpha value is -1.83. The lowest BCUT2D eigenvalue weighted by Gasteiger charge is -2.30. The predicted octanol–water partition coefficient (Wildman–Crippen LogP) is 1.65. The molecule has 5 nitrogen and oxygen atoms in total. The van der Waals surface area contributed by atoms with Crippen molar-refractivity contribution in [3.05, 3.63) is 12.4 Å². The lowest BCUT2D eigenvalue weighted by Crippen LogP contribution is -2.33. The van der Waals surface area contributed by atoms with Crippen LogP contribution in [-0.2, 0) is 0 Å². The molecule has 0 aliphatic carbocycles. The van der Waals surface area contributed by atoms with E-state index < -0.39 is 0 Å². The minimum Gasteiger partial charge on any atom is -0.370 e. The van der Waals surface area contributed by atoms with E-state index in [9.17, 15) is 0 Å². The first kappa shape index (κ1) is 11.6. The van der Waals surface area contributed by atoms with Gasteiger partial charge >= 0.3 is 0 Å². The average molecular weight is 231 g/mol. The summed E-state index contributed by atoms with van der Waals surface area (Å²) in [7, 11) is 0. The summed E-state index contributed by atoms with van der Waals surface area (Å²) in [6, 6.07) is 4.30. The number of hydrogen-bond acceptors (Lipinski definition) is 5. The second kappa shape index (κ2) is 5.48. The van der Waals surface area contributed by atoms with E-state index in [0.29, 0.717) is 0 Å². The van der Waals surface area contributed by atoms with Crippen molar-refractivity contribution >= 4 is 11.6 Å². The Bertz CT molecular complexity index is 404. The maximum absolute atomic E-state index is 8.86. The Kier molecular flexibility index (Phi) is 3.76. The summed E-state index contributed by atoms with van der Waals surface area (Å²) in [5.74, 6) is 2.02. The van der Waals surface area contributed by atoms with Crippen LogP contribution in [0.15, 0.2) is 12.4 Å². The fourth-order valence-corrected chi connectivity index (χ4v) is 2.04. The number of hydrogen-bond donors (Lipinski definition) is 1. The fraction of sp³-hybridized carbons (Fsp3) is 0.583. The summed E-state index contributed by atoms with van der Waals surface area (Å²) in [6.07, 6.45) is 3.44. The van der Waals surface area contributed by atoms with Crippen molar-refractivity contribution in [1.82, 2.24) is 9.97 Å². The molecule has 1 aromatic rings. The van der Waals surface area contributed by atoms with Gasteiger partial charge < -0.3 is 10.2 Å². The van der Waals surface area contributed by atoms with E-state index in [2.05, 4.69) is 26.3 Å². The minimum atomic E-state index is 0.210. The fourth-order valence-electron chi connectivity index (χ4n) is 2.04. The second-order valence-corrected chi connectivity index (χ2v) is 4.18. The van der Waals surface area contributed by atoms with Crippen LogP contribution in [0.25, 0.3) is 0 Å². The van der Waals surface area contributed by atoms with Crippen molar-refractivity contribution < 1.29 is 0 Å². The molecule has 0 bridgehead atoms.